The molecule has 0 aromatic heterocycles. The van der Waals surface area contributed by atoms with Gasteiger partial charge in [0.15, 0.2) is 0 Å². The quantitative estimate of drug-likeness (QED) is 0.851. The number of carbonyl (C=O) groups is 1. The van der Waals surface area contributed by atoms with Crippen molar-refractivity contribution in [2.24, 2.45) is 0 Å². The predicted molar refractivity (Wildman–Crippen MR) is 53.7 cm³/mol. The van der Waals surface area contributed by atoms with Gasteiger partial charge in [0, 0.05) is 5.03 Å². The smallest absolute Gasteiger partial charge is 0.257 e. The van der Waals surface area contributed by atoms with Gasteiger partial charge in [-0.05, 0) is 12.1 Å². The number of amides is 1. The molecule has 5 heteroatoms. The highest BCUT2D eigenvalue weighted by Gasteiger charge is 2.16. The van der Waals surface area contributed by atoms with E-state index in [-0.39, 0.29) is 11.6 Å². The van der Waals surface area contributed by atoms with Crippen LogP contribution in [-0.4, -0.2) is 12.5 Å². The summed E-state index contributed by atoms with van der Waals surface area (Å²) in [5.74, 6) is -2.67. The Bertz CT molecular complexity index is 386. The lowest BCUT2D eigenvalue weighted by atomic mass is 10.2. The van der Waals surface area contributed by atoms with Crippen LogP contribution in [0.5, 0.6) is 0 Å². The lowest BCUT2D eigenvalue weighted by molar-refractivity contribution is 0.0949. The lowest BCUT2D eigenvalue weighted by Crippen LogP contribution is -2.26. The second-order valence-corrected chi connectivity index (χ2v) is 3.33. The molecular formula is C10H8ClF2NO. The Kier molecular flexibility index (Phi) is 3.80. The first-order chi connectivity index (χ1) is 7.02. The van der Waals surface area contributed by atoms with Crippen LogP contribution in [0.4, 0.5) is 8.78 Å². The Morgan fingerprint density at radius 1 is 1.40 bits per heavy atom. The summed E-state index contributed by atoms with van der Waals surface area (Å²) in [6, 6.07) is 3.20. The molecule has 1 amide bonds. The summed E-state index contributed by atoms with van der Waals surface area (Å²) < 4.78 is 26.1. The van der Waals surface area contributed by atoms with Crippen molar-refractivity contribution in [2.45, 2.75) is 0 Å². The summed E-state index contributed by atoms with van der Waals surface area (Å²) in [4.78, 5) is 11.3. The summed E-state index contributed by atoms with van der Waals surface area (Å²) in [5, 5.41) is 2.41. The highest BCUT2D eigenvalue weighted by atomic mass is 35.5. The molecule has 1 N–H and O–H groups in total. The van der Waals surface area contributed by atoms with Crippen LogP contribution >= 0.6 is 11.6 Å². The van der Waals surface area contributed by atoms with Crippen LogP contribution in [0.15, 0.2) is 29.8 Å². The van der Waals surface area contributed by atoms with Crippen LogP contribution in [-0.2, 0) is 0 Å². The van der Waals surface area contributed by atoms with E-state index >= 15 is 0 Å². The fourth-order valence-electron chi connectivity index (χ4n) is 0.979. The summed E-state index contributed by atoms with van der Waals surface area (Å²) in [6.45, 7) is 3.30. The van der Waals surface area contributed by atoms with Crippen LogP contribution < -0.4 is 5.32 Å². The van der Waals surface area contributed by atoms with E-state index in [1.54, 1.807) is 0 Å². The molecule has 0 radical (unpaired) electrons. The van der Waals surface area contributed by atoms with Crippen molar-refractivity contribution in [1.82, 2.24) is 5.32 Å². The highest BCUT2D eigenvalue weighted by Crippen LogP contribution is 2.11. The molecule has 80 valence electrons. The van der Waals surface area contributed by atoms with E-state index in [1.165, 1.54) is 6.07 Å². The SMILES string of the molecule is C=C(Cl)CNC(=O)c1c(F)cccc1F. The zero-order valence-electron chi connectivity index (χ0n) is 7.69. The molecule has 1 aromatic rings. The van der Waals surface area contributed by atoms with Gasteiger partial charge in [0.25, 0.3) is 5.91 Å². The van der Waals surface area contributed by atoms with E-state index in [9.17, 15) is 13.6 Å². The van der Waals surface area contributed by atoms with Crippen LogP contribution in [0, 0.1) is 11.6 Å². The number of halogens is 3. The van der Waals surface area contributed by atoms with Crippen molar-refractivity contribution < 1.29 is 13.6 Å². The maximum atomic E-state index is 13.1. The number of nitrogens with one attached hydrogen (secondary N) is 1. The van der Waals surface area contributed by atoms with Gasteiger partial charge in [0.05, 0.1) is 6.54 Å². The number of benzene rings is 1. The van der Waals surface area contributed by atoms with Gasteiger partial charge in [-0.3, -0.25) is 4.79 Å². The monoisotopic (exact) mass is 231 g/mol. The maximum absolute atomic E-state index is 13.1. The molecular weight excluding hydrogens is 224 g/mol. The number of rotatable bonds is 3. The minimum absolute atomic E-state index is 0.0336. The second-order valence-electron chi connectivity index (χ2n) is 2.80. The Labute approximate surface area is 90.5 Å². The van der Waals surface area contributed by atoms with E-state index in [0.29, 0.717) is 0 Å². The van der Waals surface area contributed by atoms with Gasteiger partial charge in [0.1, 0.15) is 17.2 Å². The first-order valence-corrected chi connectivity index (χ1v) is 4.45. The number of carbonyl (C=O) groups excluding carboxylic acids is 1. The van der Waals surface area contributed by atoms with Crippen LogP contribution in [0.25, 0.3) is 0 Å². The summed E-state index contributed by atoms with van der Waals surface area (Å²) >= 11 is 5.39. The van der Waals surface area contributed by atoms with Gasteiger partial charge in [-0.1, -0.05) is 24.2 Å². The zero-order valence-corrected chi connectivity index (χ0v) is 8.44. The minimum Gasteiger partial charge on any atom is -0.347 e. The average molecular weight is 232 g/mol. The average Bonchev–Trinajstić information content (AvgIpc) is 2.14. The lowest BCUT2D eigenvalue weighted by Gasteiger charge is -2.05. The second kappa shape index (κ2) is 4.89. The molecule has 0 bridgehead atoms. The normalized spacial score (nSPS) is 9.80. The summed E-state index contributed by atoms with van der Waals surface area (Å²) in [6.07, 6.45) is 0. The standard InChI is InChI=1S/C10H8ClF2NO/c1-6(11)5-14-10(15)9-7(12)3-2-4-8(9)13/h2-4H,1,5H2,(H,14,15). The van der Waals surface area contributed by atoms with Crippen molar-refractivity contribution in [1.29, 1.82) is 0 Å². The van der Waals surface area contributed by atoms with E-state index in [0.717, 1.165) is 12.1 Å². The fraction of sp³-hybridized carbons (Fsp3) is 0.100. The summed E-state index contributed by atoms with van der Waals surface area (Å²) in [7, 11) is 0. The van der Waals surface area contributed by atoms with Gasteiger partial charge >= 0.3 is 0 Å². The molecule has 15 heavy (non-hydrogen) atoms. The van der Waals surface area contributed by atoms with Gasteiger partial charge in [-0.2, -0.15) is 0 Å². The van der Waals surface area contributed by atoms with Gasteiger partial charge in [-0.25, -0.2) is 8.78 Å². The first-order valence-electron chi connectivity index (χ1n) is 4.08. The maximum Gasteiger partial charge on any atom is 0.257 e. The van der Waals surface area contributed by atoms with E-state index in [2.05, 4.69) is 11.9 Å². The van der Waals surface area contributed by atoms with E-state index in [1.807, 2.05) is 0 Å². The third-order valence-electron chi connectivity index (χ3n) is 1.63. The Hall–Kier alpha value is -1.42. The first kappa shape index (κ1) is 11.7. The minimum atomic E-state index is -0.910. The topological polar surface area (TPSA) is 29.1 Å². The molecule has 0 saturated heterocycles. The summed E-state index contributed by atoms with van der Waals surface area (Å²) in [5.41, 5.74) is -0.615. The zero-order chi connectivity index (χ0) is 11.4. The van der Waals surface area contributed by atoms with Crippen molar-refractivity contribution in [2.75, 3.05) is 6.54 Å². The fourth-order valence-corrected chi connectivity index (χ4v) is 1.05. The van der Waals surface area contributed by atoms with Crippen LogP contribution in [0.2, 0.25) is 0 Å². The van der Waals surface area contributed by atoms with Gasteiger partial charge in [-0.15, -0.1) is 0 Å². The molecule has 1 rings (SSSR count). The number of hydrogen-bond donors (Lipinski definition) is 1. The Morgan fingerprint density at radius 2 is 1.93 bits per heavy atom. The van der Waals surface area contributed by atoms with Crippen molar-refractivity contribution in [3.8, 4) is 0 Å². The molecule has 0 heterocycles. The molecule has 1 aromatic carbocycles. The molecule has 0 aliphatic carbocycles. The molecule has 0 aliphatic rings. The molecule has 0 saturated carbocycles. The van der Waals surface area contributed by atoms with Crippen molar-refractivity contribution >= 4 is 17.5 Å². The highest BCUT2D eigenvalue weighted by molar-refractivity contribution is 6.29. The van der Waals surface area contributed by atoms with E-state index in [4.69, 9.17) is 11.6 Å². The molecule has 2 nitrogen and oxygen atoms in total. The predicted octanol–water partition coefficient (Wildman–Crippen LogP) is 2.45. The van der Waals surface area contributed by atoms with Crippen molar-refractivity contribution in [3.63, 3.8) is 0 Å². The van der Waals surface area contributed by atoms with Crippen LogP contribution in [0.3, 0.4) is 0 Å². The van der Waals surface area contributed by atoms with Gasteiger partial charge < -0.3 is 5.32 Å². The third-order valence-corrected chi connectivity index (χ3v) is 1.76. The molecule has 0 aliphatic heterocycles. The molecule has 0 unspecified atom stereocenters. The largest absolute Gasteiger partial charge is 0.347 e. The Balaban J connectivity index is 2.86. The molecule has 0 atom stereocenters. The van der Waals surface area contributed by atoms with E-state index < -0.39 is 23.1 Å². The Morgan fingerprint density at radius 3 is 2.40 bits per heavy atom. The number of hydrogen-bond acceptors (Lipinski definition) is 1. The third kappa shape index (κ3) is 3.02. The molecule has 0 spiro atoms. The van der Waals surface area contributed by atoms with Gasteiger partial charge in [0.2, 0.25) is 0 Å². The van der Waals surface area contributed by atoms with Crippen LogP contribution in [0.1, 0.15) is 10.4 Å². The molecule has 0 fully saturated rings. The van der Waals surface area contributed by atoms with Crippen molar-refractivity contribution in [3.05, 3.63) is 47.0 Å².